The first-order chi connectivity index (χ1) is 9.13. The van der Waals surface area contributed by atoms with Gasteiger partial charge < -0.3 is 25.3 Å². The minimum atomic E-state index is -0.661. The van der Waals surface area contributed by atoms with Crippen LogP contribution in [-0.2, 0) is 11.3 Å². The van der Waals surface area contributed by atoms with Gasteiger partial charge in [-0.25, -0.2) is 4.98 Å². The third-order valence-electron chi connectivity index (χ3n) is 2.87. The fourth-order valence-corrected chi connectivity index (χ4v) is 2.04. The van der Waals surface area contributed by atoms with Crippen LogP contribution in [0.2, 0.25) is 0 Å². The van der Waals surface area contributed by atoms with Gasteiger partial charge in [0.15, 0.2) is 0 Å². The topological polar surface area (TPSA) is 93.5 Å². The average molecular weight is 265 g/mol. The number of nitrogens with zero attached hydrogens (tertiary/aromatic N) is 2. The number of benzene rings is 1. The summed E-state index contributed by atoms with van der Waals surface area (Å²) in [5.41, 5.74) is 8.06. The summed E-state index contributed by atoms with van der Waals surface area (Å²) in [5, 5.41) is 18.5. The second kappa shape index (κ2) is 6.01. The molecule has 0 aliphatic carbocycles. The summed E-state index contributed by atoms with van der Waals surface area (Å²) in [7, 11) is 0. The Labute approximate surface area is 111 Å². The summed E-state index contributed by atoms with van der Waals surface area (Å²) in [4.78, 5) is 4.40. The summed E-state index contributed by atoms with van der Waals surface area (Å²) in [6.45, 7) is 3.01. The van der Waals surface area contributed by atoms with Gasteiger partial charge in [0.1, 0.15) is 11.9 Å². The van der Waals surface area contributed by atoms with Crippen molar-refractivity contribution in [2.24, 2.45) is 0 Å². The van der Waals surface area contributed by atoms with Crippen LogP contribution in [0.4, 0.5) is 5.69 Å². The highest BCUT2D eigenvalue weighted by Gasteiger charge is 2.14. The molecule has 0 bridgehead atoms. The normalized spacial score (nSPS) is 13.0. The summed E-state index contributed by atoms with van der Waals surface area (Å²) in [6.07, 6.45) is -0.661. The van der Waals surface area contributed by atoms with Gasteiger partial charge in [-0.3, -0.25) is 0 Å². The summed E-state index contributed by atoms with van der Waals surface area (Å²) in [6, 6.07) is 5.47. The number of nitrogen functional groups attached to an aromatic ring is 1. The van der Waals surface area contributed by atoms with Gasteiger partial charge in [0.25, 0.3) is 0 Å². The number of aliphatic hydroxyl groups excluding tert-OH is 2. The Kier molecular flexibility index (Phi) is 4.36. The van der Waals surface area contributed by atoms with Crippen molar-refractivity contribution >= 4 is 16.7 Å². The highest BCUT2D eigenvalue weighted by Crippen LogP contribution is 2.22. The maximum atomic E-state index is 9.78. The zero-order valence-corrected chi connectivity index (χ0v) is 10.9. The molecule has 0 aliphatic heterocycles. The lowest BCUT2D eigenvalue weighted by atomic mass is 10.3. The quantitative estimate of drug-likeness (QED) is 0.527. The standard InChI is InChI=1S/C13H19N3O3/c1-9(18)13-15-11-8-10(14)2-3-12(11)16(13)4-6-19-7-5-17/h2-3,8-9,17-18H,4-7,14H2,1H3. The Hall–Kier alpha value is -1.63. The fourth-order valence-electron chi connectivity index (χ4n) is 2.04. The Balaban J connectivity index is 2.30. The van der Waals surface area contributed by atoms with Gasteiger partial charge in [0.05, 0.1) is 30.9 Å². The zero-order chi connectivity index (χ0) is 13.8. The molecule has 6 heteroatoms. The number of aliphatic hydroxyl groups is 2. The molecule has 1 aromatic carbocycles. The molecule has 0 fully saturated rings. The molecule has 6 nitrogen and oxygen atoms in total. The Morgan fingerprint density at radius 2 is 2.21 bits per heavy atom. The van der Waals surface area contributed by atoms with E-state index in [0.717, 1.165) is 11.0 Å². The van der Waals surface area contributed by atoms with Crippen molar-refractivity contribution in [3.8, 4) is 0 Å². The van der Waals surface area contributed by atoms with Crippen molar-refractivity contribution in [2.45, 2.75) is 19.6 Å². The summed E-state index contributed by atoms with van der Waals surface area (Å²) < 4.78 is 7.17. The molecule has 0 aliphatic rings. The number of hydrogen-bond acceptors (Lipinski definition) is 5. The van der Waals surface area contributed by atoms with Crippen LogP contribution in [-0.4, -0.2) is 39.6 Å². The van der Waals surface area contributed by atoms with Gasteiger partial charge >= 0.3 is 0 Å². The lowest BCUT2D eigenvalue weighted by Crippen LogP contribution is -2.12. The first-order valence-electron chi connectivity index (χ1n) is 6.26. The van der Waals surface area contributed by atoms with Crippen LogP contribution in [0, 0.1) is 0 Å². The summed E-state index contributed by atoms with van der Waals surface area (Å²) in [5.74, 6) is 0.591. The predicted molar refractivity (Wildman–Crippen MR) is 72.7 cm³/mol. The molecule has 0 radical (unpaired) electrons. The van der Waals surface area contributed by atoms with E-state index in [9.17, 15) is 5.11 Å². The van der Waals surface area contributed by atoms with E-state index in [4.69, 9.17) is 15.6 Å². The largest absolute Gasteiger partial charge is 0.399 e. The number of hydrogen-bond donors (Lipinski definition) is 3. The SMILES string of the molecule is CC(O)c1nc2cc(N)ccc2n1CCOCCO. The number of fused-ring (bicyclic) bond motifs is 1. The monoisotopic (exact) mass is 265 g/mol. The predicted octanol–water partition coefficient (Wildman–Crippen LogP) is 0.681. The number of nitrogens with two attached hydrogens (primary N) is 1. The minimum absolute atomic E-state index is 0.00443. The fraction of sp³-hybridized carbons (Fsp3) is 0.462. The molecule has 104 valence electrons. The molecule has 2 aromatic rings. The third kappa shape index (κ3) is 3.04. The van der Waals surface area contributed by atoms with E-state index in [2.05, 4.69) is 4.98 Å². The molecule has 19 heavy (non-hydrogen) atoms. The van der Waals surface area contributed by atoms with E-state index < -0.39 is 6.10 Å². The van der Waals surface area contributed by atoms with E-state index in [0.29, 0.717) is 31.3 Å². The van der Waals surface area contributed by atoms with Gasteiger partial charge in [0.2, 0.25) is 0 Å². The van der Waals surface area contributed by atoms with Crippen LogP contribution in [0.25, 0.3) is 11.0 Å². The maximum absolute atomic E-state index is 9.78. The Morgan fingerprint density at radius 3 is 2.89 bits per heavy atom. The molecule has 0 amide bonds. The van der Waals surface area contributed by atoms with Crippen LogP contribution >= 0.6 is 0 Å². The van der Waals surface area contributed by atoms with Crippen molar-refractivity contribution in [1.29, 1.82) is 0 Å². The van der Waals surface area contributed by atoms with E-state index in [-0.39, 0.29) is 6.61 Å². The molecule has 1 atom stereocenters. The number of imidazole rings is 1. The molecule has 1 heterocycles. The van der Waals surface area contributed by atoms with Crippen LogP contribution in [0.1, 0.15) is 18.9 Å². The molecular formula is C13H19N3O3. The average Bonchev–Trinajstić information content (AvgIpc) is 2.72. The molecular weight excluding hydrogens is 246 g/mol. The zero-order valence-electron chi connectivity index (χ0n) is 10.9. The lowest BCUT2D eigenvalue weighted by Gasteiger charge is -2.11. The molecule has 1 aromatic heterocycles. The molecule has 0 saturated carbocycles. The van der Waals surface area contributed by atoms with Crippen molar-refractivity contribution in [3.05, 3.63) is 24.0 Å². The molecule has 0 saturated heterocycles. The minimum Gasteiger partial charge on any atom is -0.399 e. The number of aromatic nitrogens is 2. The van der Waals surface area contributed by atoms with E-state index in [1.807, 2.05) is 10.6 Å². The Bertz CT molecular complexity index is 551. The smallest absolute Gasteiger partial charge is 0.138 e. The van der Waals surface area contributed by atoms with Crippen molar-refractivity contribution in [1.82, 2.24) is 9.55 Å². The van der Waals surface area contributed by atoms with Crippen LogP contribution in [0.5, 0.6) is 0 Å². The van der Waals surface area contributed by atoms with Crippen LogP contribution < -0.4 is 5.73 Å². The number of rotatable bonds is 6. The van der Waals surface area contributed by atoms with E-state index in [1.54, 1.807) is 19.1 Å². The molecule has 4 N–H and O–H groups in total. The van der Waals surface area contributed by atoms with Gasteiger partial charge in [-0.15, -0.1) is 0 Å². The second-order valence-electron chi connectivity index (χ2n) is 4.38. The second-order valence-corrected chi connectivity index (χ2v) is 4.38. The van der Waals surface area contributed by atoms with Crippen LogP contribution in [0.15, 0.2) is 18.2 Å². The van der Waals surface area contributed by atoms with Gasteiger partial charge in [-0.05, 0) is 25.1 Å². The summed E-state index contributed by atoms with van der Waals surface area (Å²) >= 11 is 0. The molecule has 1 unspecified atom stereocenters. The van der Waals surface area contributed by atoms with Gasteiger partial charge in [-0.1, -0.05) is 0 Å². The van der Waals surface area contributed by atoms with E-state index in [1.165, 1.54) is 0 Å². The molecule has 2 rings (SSSR count). The van der Waals surface area contributed by atoms with Gasteiger partial charge in [0, 0.05) is 12.2 Å². The maximum Gasteiger partial charge on any atom is 0.138 e. The van der Waals surface area contributed by atoms with Crippen molar-refractivity contribution < 1.29 is 14.9 Å². The highest BCUT2D eigenvalue weighted by molar-refractivity contribution is 5.79. The van der Waals surface area contributed by atoms with Crippen molar-refractivity contribution in [2.75, 3.05) is 25.6 Å². The first-order valence-corrected chi connectivity index (χ1v) is 6.26. The first kappa shape index (κ1) is 13.8. The number of ether oxygens (including phenoxy) is 1. The highest BCUT2D eigenvalue weighted by atomic mass is 16.5. The molecule has 0 spiro atoms. The van der Waals surface area contributed by atoms with Gasteiger partial charge in [-0.2, -0.15) is 0 Å². The number of anilines is 1. The third-order valence-corrected chi connectivity index (χ3v) is 2.87. The van der Waals surface area contributed by atoms with Crippen molar-refractivity contribution in [3.63, 3.8) is 0 Å². The Morgan fingerprint density at radius 1 is 1.42 bits per heavy atom. The van der Waals surface area contributed by atoms with E-state index >= 15 is 0 Å². The van der Waals surface area contributed by atoms with Crippen LogP contribution in [0.3, 0.4) is 0 Å². The lowest BCUT2D eigenvalue weighted by molar-refractivity contribution is 0.0855.